The molecular formula is C19H20N4O5. The summed E-state index contributed by atoms with van der Waals surface area (Å²) < 4.78 is 5.00. The van der Waals surface area contributed by atoms with Crippen LogP contribution in [0.25, 0.3) is 0 Å². The molecule has 2 aromatic rings. The molecule has 1 aliphatic rings. The molecule has 2 aromatic carbocycles. The van der Waals surface area contributed by atoms with Crippen LogP contribution in [0.1, 0.15) is 28.8 Å². The number of hydrazone groups is 1. The van der Waals surface area contributed by atoms with Gasteiger partial charge in [0.05, 0.1) is 18.2 Å². The number of anilines is 1. The van der Waals surface area contributed by atoms with Gasteiger partial charge in [-0.2, -0.15) is 5.10 Å². The van der Waals surface area contributed by atoms with E-state index in [1.54, 1.807) is 24.3 Å². The number of phenolic OH excluding ortho intramolecular Hbond substituents is 1. The number of ether oxygens (including phenoxy) is 1. The van der Waals surface area contributed by atoms with Gasteiger partial charge >= 0.3 is 0 Å². The van der Waals surface area contributed by atoms with E-state index in [2.05, 4.69) is 10.5 Å². The van der Waals surface area contributed by atoms with Crippen molar-refractivity contribution in [2.45, 2.75) is 12.8 Å². The maximum Gasteiger partial charge on any atom is 0.293 e. The molecule has 0 saturated carbocycles. The van der Waals surface area contributed by atoms with Gasteiger partial charge in [-0.05, 0) is 37.1 Å². The minimum absolute atomic E-state index is 0.103. The number of nitrogens with one attached hydrogen (secondary N) is 1. The lowest BCUT2D eigenvalue weighted by molar-refractivity contribution is -0.384. The number of aromatic hydroxyl groups is 1. The predicted octanol–water partition coefficient (Wildman–Crippen LogP) is 2.67. The molecule has 2 N–H and O–H groups in total. The van der Waals surface area contributed by atoms with Crippen molar-refractivity contribution in [1.82, 2.24) is 5.43 Å². The largest absolute Gasteiger partial charge is 0.504 e. The maximum atomic E-state index is 12.3. The lowest BCUT2D eigenvalue weighted by Crippen LogP contribution is -2.21. The van der Waals surface area contributed by atoms with E-state index in [-0.39, 0.29) is 22.7 Å². The highest BCUT2D eigenvalue weighted by Crippen LogP contribution is 2.31. The Morgan fingerprint density at radius 3 is 2.75 bits per heavy atom. The molecule has 9 heteroatoms. The SMILES string of the molecule is COc1cccc(/C=N/NC(=O)c2ccc(N3CCCC3)c([N+](=O)[O-])c2)c1O. The Kier molecular flexibility index (Phi) is 5.73. The molecule has 1 heterocycles. The standard InChI is InChI=1S/C19H20N4O5/c1-28-17-6-4-5-14(18(17)24)12-20-21-19(25)13-7-8-15(16(11-13)23(26)27)22-9-2-3-10-22/h4-8,11-12,24H,2-3,9-10H2,1H3,(H,21,25)/b20-12+. The van der Waals surface area contributed by atoms with Crippen LogP contribution in [-0.2, 0) is 0 Å². The highest BCUT2D eigenvalue weighted by molar-refractivity contribution is 5.96. The monoisotopic (exact) mass is 384 g/mol. The zero-order valence-electron chi connectivity index (χ0n) is 15.3. The smallest absolute Gasteiger partial charge is 0.293 e. The number of benzene rings is 2. The fraction of sp³-hybridized carbons (Fsp3) is 0.263. The van der Waals surface area contributed by atoms with Crippen LogP contribution in [-0.4, -0.2) is 42.4 Å². The molecule has 0 spiro atoms. The molecule has 0 bridgehead atoms. The average Bonchev–Trinajstić information content (AvgIpc) is 3.23. The second-order valence-electron chi connectivity index (χ2n) is 6.25. The summed E-state index contributed by atoms with van der Waals surface area (Å²) in [6.07, 6.45) is 3.25. The number of hydrogen-bond acceptors (Lipinski definition) is 7. The number of carbonyl (C=O) groups excluding carboxylic acids is 1. The number of amides is 1. The van der Waals surface area contributed by atoms with Gasteiger partial charge in [-0.25, -0.2) is 5.43 Å². The van der Waals surface area contributed by atoms with Gasteiger partial charge in [0, 0.05) is 30.3 Å². The average molecular weight is 384 g/mol. The first kappa shape index (κ1) is 19.2. The number of para-hydroxylation sites is 1. The van der Waals surface area contributed by atoms with E-state index in [1.807, 2.05) is 4.90 Å². The number of methoxy groups -OCH3 is 1. The van der Waals surface area contributed by atoms with Crippen LogP contribution in [0, 0.1) is 10.1 Å². The highest BCUT2D eigenvalue weighted by Gasteiger charge is 2.23. The minimum atomic E-state index is -0.588. The van der Waals surface area contributed by atoms with Crippen molar-refractivity contribution in [2.75, 3.05) is 25.1 Å². The summed E-state index contributed by atoms with van der Waals surface area (Å²) in [5.41, 5.74) is 3.20. The van der Waals surface area contributed by atoms with Crippen molar-refractivity contribution in [3.8, 4) is 11.5 Å². The molecule has 0 aromatic heterocycles. The normalized spacial score (nSPS) is 13.7. The van der Waals surface area contributed by atoms with Gasteiger partial charge in [-0.15, -0.1) is 0 Å². The molecular weight excluding hydrogens is 364 g/mol. The first-order chi connectivity index (χ1) is 13.5. The van der Waals surface area contributed by atoms with Crippen LogP contribution in [0.4, 0.5) is 11.4 Å². The molecule has 28 heavy (non-hydrogen) atoms. The lowest BCUT2D eigenvalue weighted by Gasteiger charge is -2.17. The van der Waals surface area contributed by atoms with Gasteiger partial charge in [0.1, 0.15) is 5.69 Å². The predicted molar refractivity (Wildman–Crippen MR) is 104 cm³/mol. The molecule has 0 radical (unpaired) electrons. The van der Waals surface area contributed by atoms with Crippen molar-refractivity contribution >= 4 is 23.5 Å². The minimum Gasteiger partial charge on any atom is -0.504 e. The second-order valence-corrected chi connectivity index (χ2v) is 6.25. The first-order valence-electron chi connectivity index (χ1n) is 8.74. The zero-order valence-corrected chi connectivity index (χ0v) is 15.3. The molecule has 0 aliphatic carbocycles. The third-order valence-corrected chi connectivity index (χ3v) is 4.50. The van der Waals surface area contributed by atoms with Crippen LogP contribution in [0.15, 0.2) is 41.5 Å². The summed E-state index contributed by atoms with van der Waals surface area (Å²) in [6.45, 7) is 1.53. The fourth-order valence-electron chi connectivity index (χ4n) is 3.07. The van der Waals surface area contributed by atoms with Crippen LogP contribution >= 0.6 is 0 Å². The number of nitro benzene ring substituents is 1. The highest BCUT2D eigenvalue weighted by atomic mass is 16.6. The Balaban J connectivity index is 1.75. The van der Waals surface area contributed by atoms with Crippen molar-refractivity contribution < 1.29 is 19.6 Å². The topological polar surface area (TPSA) is 117 Å². The number of carbonyl (C=O) groups is 1. The van der Waals surface area contributed by atoms with Crippen LogP contribution in [0.3, 0.4) is 0 Å². The van der Waals surface area contributed by atoms with Crippen molar-refractivity contribution in [1.29, 1.82) is 0 Å². The van der Waals surface area contributed by atoms with E-state index in [1.165, 1.54) is 25.5 Å². The summed E-state index contributed by atoms with van der Waals surface area (Å²) in [5.74, 6) is -0.410. The van der Waals surface area contributed by atoms with E-state index in [0.29, 0.717) is 11.3 Å². The third-order valence-electron chi connectivity index (χ3n) is 4.50. The van der Waals surface area contributed by atoms with E-state index < -0.39 is 10.8 Å². The Morgan fingerprint density at radius 2 is 2.07 bits per heavy atom. The van der Waals surface area contributed by atoms with Crippen LogP contribution in [0.2, 0.25) is 0 Å². The summed E-state index contributed by atoms with van der Waals surface area (Å²) >= 11 is 0. The molecule has 1 amide bonds. The van der Waals surface area contributed by atoms with Crippen LogP contribution < -0.4 is 15.1 Å². The van der Waals surface area contributed by atoms with Crippen molar-refractivity contribution in [3.05, 3.63) is 57.6 Å². The summed E-state index contributed by atoms with van der Waals surface area (Å²) in [5, 5.41) is 25.2. The molecule has 1 fully saturated rings. The Bertz CT molecular complexity index is 923. The molecule has 0 unspecified atom stereocenters. The van der Waals surface area contributed by atoms with E-state index >= 15 is 0 Å². The maximum absolute atomic E-state index is 12.3. The Labute approximate surface area is 161 Å². The number of phenols is 1. The molecule has 146 valence electrons. The van der Waals surface area contributed by atoms with Gasteiger partial charge in [0.15, 0.2) is 11.5 Å². The van der Waals surface area contributed by atoms with Gasteiger partial charge in [-0.1, -0.05) is 6.07 Å². The Hall–Kier alpha value is -3.62. The quantitative estimate of drug-likeness (QED) is 0.449. The number of rotatable bonds is 6. The zero-order chi connectivity index (χ0) is 20.1. The second kappa shape index (κ2) is 8.38. The summed E-state index contributed by atoms with van der Waals surface area (Å²) in [7, 11) is 1.43. The van der Waals surface area contributed by atoms with Crippen molar-refractivity contribution in [2.24, 2.45) is 5.10 Å². The van der Waals surface area contributed by atoms with Gasteiger partial charge < -0.3 is 14.7 Å². The lowest BCUT2D eigenvalue weighted by atomic mass is 10.1. The number of hydrogen-bond donors (Lipinski definition) is 2. The van der Waals surface area contributed by atoms with Gasteiger partial charge in [-0.3, -0.25) is 14.9 Å². The van der Waals surface area contributed by atoms with Crippen LogP contribution in [0.5, 0.6) is 11.5 Å². The number of nitro groups is 1. The Morgan fingerprint density at radius 1 is 1.32 bits per heavy atom. The third kappa shape index (κ3) is 4.03. The first-order valence-corrected chi connectivity index (χ1v) is 8.74. The summed E-state index contributed by atoms with van der Waals surface area (Å²) in [6, 6.07) is 9.24. The molecule has 0 atom stereocenters. The van der Waals surface area contributed by atoms with Gasteiger partial charge in [0.25, 0.3) is 11.6 Å². The van der Waals surface area contributed by atoms with E-state index in [9.17, 15) is 20.0 Å². The van der Waals surface area contributed by atoms with E-state index in [4.69, 9.17) is 4.74 Å². The fourth-order valence-corrected chi connectivity index (χ4v) is 3.07. The molecule has 3 rings (SSSR count). The summed E-state index contributed by atoms with van der Waals surface area (Å²) in [4.78, 5) is 25.2. The van der Waals surface area contributed by atoms with Gasteiger partial charge in [0.2, 0.25) is 0 Å². The molecule has 1 aliphatic heterocycles. The molecule has 1 saturated heterocycles. The van der Waals surface area contributed by atoms with E-state index in [0.717, 1.165) is 25.9 Å². The number of nitrogens with zero attached hydrogens (tertiary/aromatic N) is 3. The van der Waals surface area contributed by atoms with Crippen molar-refractivity contribution in [3.63, 3.8) is 0 Å². The molecule has 9 nitrogen and oxygen atoms in total.